The Morgan fingerprint density at radius 2 is 2.22 bits per heavy atom. The summed E-state index contributed by atoms with van der Waals surface area (Å²) in [6.45, 7) is 1.91. The molecule has 7 heteroatoms. The first-order valence-corrected chi connectivity index (χ1v) is 6.10. The Morgan fingerprint density at radius 1 is 1.56 bits per heavy atom. The van der Waals surface area contributed by atoms with E-state index in [2.05, 4.69) is 15.9 Å². The summed E-state index contributed by atoms with van der Waals surface area (Å²) >= 11 is 3.10. The molecule has 0 aliphatic rings. The van der Waals surface area contributed by atoms with Crippen LogP contribution >= 0.6 is 15.9 Å². The highest BCUT2D eigenvalue weighted by Gasteiger charge is 2.18. The number of alkyl halides is 1. The first kappa shape index (κ1) is 14.6. The Hall–Kier alpha value is -1.50. The minimum atomic E-state index is -0.706. The highest BCUT2D eigenvalue weighted by molar-refractivity contribution is 9.10. The molecule has 5 nitrogen and oxygen atoms in total. The number of ether oxygens (including phenoxy) is 1. The third-order valence-electron chi connectivity index (χ3n) is 2.11. The highest BCUT2D eigenvalue weighted by Crippen LogP contribution is 2.19. The standard InChI is InChI=1S/C11H11BrFNO4/c1-2-18-11(15)10(12)5-7-3-8(13)6-9(4-7)14(16)17/h3-4,6,10H,2,5H2,1H3. The van der Waals surface area contributed by atoms with Gasteiger partial charge in [-0.3, -0.25) is 14.9 Å². The molecule has 0 heterocycles. The molecule has 0 spiro atoms. The summed E-state index contributed by atoms with van der Waals surface area (Å²) in [5.41, 5.74) is 0.0187. The first-order chi connectivity index (χ1) is 8.43. The maximum Gasteiger partial charge on any atom is 0.320 e. The molecule has 1 aromatic carbocycles. The van der Waals surface area contributed by atoms with Gasteiger partial charge >= 0.3 is 5.97 Å². The number of halogens is 2. The van der Waals surface area contributed by atoms with E-state index < -0.39 is 21.5 Å². The van der Waals surface area contributed by atoms with Crippen molar-refractivity contribution < 1.29 is 18.8 Å². The molecule has 0 aromatic heterocycles. The van der Waals surface area contributed by atoms with E-state index in [0.717, 1.165) is 12.1 Å². The molecule has 98 valence electrons. The van der Waals surface area contributed by atoms with E-state index in [4.69, 9.17) is 4.74 Å². The second kappa shape index (κ2) is 6.44. The Labute approximate surface area is 111 Å². The van der Waals surface area contributed by atoms with Crippen LogP contribution in [0.4, 0.5) is 10.1 Å². The molecule has 1 unspecified atom stereocenters. The number of non-ortho nitro benzene ring substituents is 1. The second-order valence-corrected chi connectivity index (χ2v) is 4.60. The van der Waals surface area contributed by atoms with Crippen molar-refractivity contribution in [2.75, 3.05) is 6.61 Å². The van der Waals surface area contributed by atoms with E-state index in [-0.39, 0.29) is 18.7 Å². The van der Waals surface area contributed by atoms with Crippen LogP contribution in [-0.4, -0.2) is 22.3 Å². The molecule has 0 aliphatic heterocycles. The lowest BCUT2D eigenvalue weighted by molar-refractivity contribution is -0.385. The van der Waals surface area contributed by atoms with Crippen molar-refractivity contribution in [2.45, 2.75) is 18.2 Å². The van der Waals surface area contributed by atoms with Gasteiger partial charge in [-0.05, 0) is 25.0 Å². The highest BCUT2D eigenvalue weighted by atomic mass is 79.9. The minimum Gasteiger partial charge on any atom is -0.465 e. The Balaban J connectivity index is 2.84. The zero-order chi connectivity index (χ0) is 13.7. The van der Waals surface area contributed by atoms with Crippen molar-refractivity contribution in [3.8, 4) is 0 Å². The van der Waals surface area contributed by atoms with Crippen molar-refractivity contribution in [1.82, 2.24) is 0 Å². The molecule has 1 atom stereocenters. The Kier molecular flexibility index (Phi) is 5.21. The molecule has 1 rings (SSSR count). The molecule has 0 saturated heterocycles. The van der Waals surface area contributed by atoms with Crippen LogP contribution in [0.2, 0.25) is 0 Å². The predicted octanol–water partition coefficient (Wildman–Crippen LogP) is 2.60. The van der Waals surface area contributed by atoms with Gasteiger partial charge in [0, 0.05) is 6.07 Å². The summed E-state index contributed by atoms with van der Waals surface area (Å²) in [5, 5.41) is 10.6. The van der Waals surface area contributed by atoms with Crippen LogP contribution in [0, 0.1) is 15.9 Å². The minimum absolute atomic E-state index is 0.122. The van der Waals surface area contributed by atoms with Crippen LogP contribution in [0.25, 0.3) is 0 Å². The van der Waals surface area contributed by atoms with Crippen molar-refractivity contribution in [3.05, 3.63) is 39.7 Å². The average molecular weight is 320 g/mol. The third kappa shape index (κ3) is 4.06. The molecule has 0 radical (unpaired) electrons. The molecule has 0 N–H and O–H groups in total. The van der Waals surface area contributed by atoms with Gasteiger partial charge in [-0.1, -0.05) is 15.9 Å². The topological polar surface area (TPSA) is 69.4 Å². The van der Waals surface area contributed by atoms with Gasteiger partial charge in [0.05, 0.1) is 17.6 Å². The van der Waals surface area contributed by atoms with Gasteiger partial charge in [-0.15, -0.1) is 0 Å². The number of benzene rings is 1. The summed E-state index contributed by atoms with van der Waals surface area (Å²) < 4.78 is 17.9. The number of nitro groups is 1. The van der Waals surface area contributed by atoms with Crippen LogP contribution in [0.1, 0.15) is 12.5 Å². The first-order valence-electron chi connectivity index (χ1n) is 5.18. The van der Waals surface area contributed by atoms with Crippen LogP contribution < -0.4 is 0 Å². The zero-order valence-electron chi connectivity index (χ0n) is 9.56. The van der Waals surface area contributed by atoms with Gasteiger partial charge in [0.2, 0.25) is 0 Å². The van der Waals surface area contributed by atoms with Crippen LogP contribution in [0.15, 0.2) is 18.2 Å². The average Bonchev–Trinajstić information content (AvgIpc) is 2.28. The second-order valence-electron chi connectivity index (χ2n) is 3.50. The third-order valence-corrected chi connectivity index (χ3v) is 2.81. The molecule has 1 aromatic rings. The molecule has 0 saturated carbocycles. The van der Waals surface area contributed by atoms with Gasteiger partial charge in [0.1, 0.15) is 10.6 Å². The normalized spacial score (nSPS) is 11.9. The lowest BCUT2D eigenvalue weighted by Gasteiger charge is -2.08. The number of carbonyl (C=O) groups excluding carboxylic acids is 1. The van der Waals surface area contributed by atoms with Crippen molar-refractivity contribution in [1.29, 1.82) is 0 Å². The molecular formula is C11H11BrFNO4. The molecule has 18 heavy (non-hydrogen) atoms. The maximum absolute atomic E-state index is 13.2. The van der Waals surface area contributed by atoms with Crippen LogP contribution in [0.3, 0.4) is 0 Å². The van der Waals surface area contributed by atoms with Crippen molar-refractivity contribution in [3.63, 3.8) is 0 Å². The fraction of sp³-hybridized carbons (Fsp3) is 0.364. The number of hydrogen-bond donors (Lipinski definition) is 0. The van der Waals surface area contributed by atoms with Crippen LogP contribution in [0.5, 0.6) is 0 Å². The largest absolute Gasteiger partial charge is 0.465 e. The van der Waals surface area contributed by atoms with Crippen molar-refractivity contribution in [2.24, 2.45) is 0 Å². The number of esters is 1. The van der Waals surface area contributed by atoms with Gasteiger partial charge in [-0.25, -0.2) is 4.39 Å². The monoisotopic (exact) mass is 319 g/mol. The maximum atomic E-state index is 13.2. The van der Waals surface area contributed by atoms with Gasteiger partial charge < -0.3 is 4.74 Å². The Morgan fingerprint density at radius 3 is 2.78 bits per heavy atom. The summed E-state index contributed by atoms with van der Waals surface area (Å²) in [5.74, 6) is -1.19. The quantitative estimate of drug-likeness (QED) is 0.362. The summed E-state index contributed by atoms with van der Waals surface area (Å²) in [6.07, 6.45) is 0.122. The van der Waals surface area contributed by atoms with E-state index in [1.165, 1.54) is 6.07 Å². The number of nitrogens with zero attached hydrogens (tertiary/aromatic N) is 1. The predicted molar refractivity (Wildman–Crippen MR) is 66.1 cm³/mol. The molecule has 0 amide bonds. The summed E-state index contributed by atoms with van der Waals surface area (Å²) in [7, 11) is 0. The fourth-order valence-electron chi connectivity index (χ4n) is 1.38. The van der Waals surface area contributed by atoms with E-state index in [0.29, 0.717) is 5.56 Å². The van der Waals surface area contributed by atoms with E-state index >= 15 is 0 Å². The number of carbonyl (C=O) groups is 1. The van der Waals surface area contributed by atoms with E-state index in [1.54, 1.807) is 6.92 Å². The molecule has 0 bridgehead atoms. The lowest BCUT2D eigenvalue weighted by Crippen LogP contribution is -2.19. The van der Waals surface area contributed by atoms with E-state index in [1.807, 2.05) is 0 Å². The zero-order valence-corrected chi connectivity index (χ0v) is 11.1. The van der Waals surface area contributed by atoms with Crippen molar-refractivity contribution >= 4 is 27.6 Å². The number of hydrogen-bond acceptors (Lipinski definition) is 4. The van der Waals surface area contributed by atoms with E-state index in [9.17, 15) is 19.3 Å². The molecule has 0 fully saturated rings. The SMILES string of the molecule is CCOC(=O)C(Br)Cc1cc(F)cc([N+](=O)[O-])c1. The van der Waals surface area contributed by atoms with Crippen LogP contribution in [-0.2, 0) is 16.0 Å². The fourth-order valence-corrected chi connectivity index (χ4v) is 1.89. The lowest BCUT2D eigenvalue weighted by atomic mass is 10.1. The summed E-state index contributed by atoms with van der Waals surface area (Å²) in [6, 6.07) is 3.22. The number of nitro benzene ring substituents is 1. The Bertz CT molecular complexity index is 466. The summed E-state index contributed by atoms with van der Waals surface area (Å²) in [4.78, 5) is 20.6. The number of rotatable bonds is 5. The van der Waals surface area contributed by atoms with Gasteiger partial charge in [0.15, 0.2) is 0 Å². The molecule has 0 aliphatic carbocycles. The molecular weight excluding hydrogens is 309 g/mol. The smallest absolute Gasteiger partial charge is 0.320 e. The van der Waals surface area contributed by atoms with Gasteiger partial charge in [0.25, 0.3) is 5.69 Å². The van der Waals surface area contributed by atoms with Gasteiger partial charge in [-0.2, -0.15) is 0 Å².